The molecule has 0 amide bonds. The van der Waals surface area contributed by atoms with Crippen molar-refractivity contribution in [3.63, 3.8) is 0 Å². The monoisotopic (exact) mass is 265 g/mol. The van der Waals surface area contributed by atoms with Crippen LogP contribution in [0.1, 0.15) is 22.3 Å². The maximum atomic E-state index is 12.5. The highest BCUT2D eigenvalue weighted by molar-refractivity contribution is 9.10. The number of nitrogens with zero attached hydrogens (tertiary/aromatic N) is 1. The third kappa shape index (κ3) is 1.89. The van der Waals surface area contributed by atoms with Crippen molar-refractivity contribution < 1.29 is 18.3 Å². The summed E-state index contributed by atoms with van der Waals surface area (Å²) >= 11 is 2.89. The van der Waals surface area contributed by atoms with Crippen molar-refractivity contribution in [3.8, 4) is 5.88 Å². The van der Waals surface area contributed by atoms with Gasteiger partial charge >= 0.3 is 0 Å². The summed E-state index contributed by atoms with van der Waals surface area (Å²) in [7, 11) is 1.26. The van der Waals surface area contributed by atoms with Crippen LogP contribution >= 0.6 is 15.9 Å². The van der Waals surface area contributed by atoms with Gasteiger partial charge in [-0.15, -0.1) is 0 Å². The standard InChI is InChI=1S/C8H6BrF2NO2/c1-14-8-4(3-13)6(7(10)11)5(9)2-12-8/h2-3,7H,1H3. The van der Waals surface area contributed by atoms with Gasteiger partial charge in [0.2, 0.25) is 5.88 Å². The predicted molar refractivity (Wildman–Crippen MR) is 48.8 cm³/mol. The van der Waals surface area contributed by atoms with Crippen LogP contribution in [-0.4, -0.2) is 18.4 Å². The Balaban J connectivity index is 3.42. The number of hydrogen-bond donors (Lipinski definition) is 0. The minimum Gasteiger partial charge on any atom is -0.480 e. The van der Waals surface area contributed by atoms with Gasteiger partial charge in [-0.1, -0.05) is 0 Å². The molecule has 1 rings (SSSR count). The zero-order chi connectivity index (χ0) is 10.7. The molecule has 76 valence electrons. The molecular formula is C8H6BrF2NO2. The zero-order valence-electron chi connectivity index (χ0n) is 7.13. The van der Waals surface area contributed by atoms with Crippen LogP contribution in [0, 0.1) is 0 Å². The van der Waals surface area contributed by atoms with E-state index >= 15 is 0 Å². The van der Waals surface area contributed by atoms with E-state index in [9.17, 15) is 13.6 Å². The smallest absolute Gasteiger partial charge is 0.265 e. The number of carbonyl (C=O) groups is 1. The van der Waals surface area contributed by atoms with E-state index in [2.05, 4.69) is 25.7 Å². The summed E-state index contributed by atoms with van der Waals surface area (Å²) in [6.45, 7) is 0. The SMILES string of the molecule is COc1ncc(Br)c(C(F)F)c1C=O. The molecular weight excluding hydrogens is 260 g/mol. The van der Waals surface area contributed by atoms with Crippen molar-refractivity contribution in [2.75, 3.05) is 7.11 Å². The molecule has 1 heterocycles. The van der Waals surface area contributed by atoms with E-state index in [-0.39, 0.29) is 15.9 Å². The molecule has 0 aromatic carbocycles. The molecule has 0 aliphatic carbocycles. The minimum absolute atomic E-state index is 0.0930. The van der Waals surface area contributed by atoms with Crippen molar-refractivity contribution in [2.24, 2.45) is 0 Å². The van der Waals surface area contributed by atoms with Gasteiger partial charge in [-0.25, -0.2) is 13.8 Å². The Labute approximate surface area is 87.2 Å². The second-order valence-electron chi connectivity index (χ2n) is 2.36. The van der Waals surface area contributed by atoms with Crippen LogP contribution in [0.5, 0.6) is 5.88 Å². The average molecular weight is 266 g/mol. The molecule has 0 bridgehead atoms. The summed E-state index contributed by atoms with van der Waals surface area (Å²) in [6.07, 6.45) is -1.27. The molecule has 0 unspecified atom stereocenters. The number of ether oxygens (including phenoxy) is 1. The highest BCUT2D eigenvalue weighted by Crippen LogP contribution is 2.32. The summed E-state index contributed by atoms with van der Waals surface area (Å²) in [5, 5.41) is 0. The summed E-state index contributed by atoms with van der Waals surface area (Å²) < 4.78 is 29.8. The Morgan fingerprint density at radius 2 is 2.29 bits per heavy atom. The normalized spacial score (nSPS) is 10.4. The van der Waals surface area contributed by atoms with Crippen molar-refractivity contribution in [2.45, 2.75) is 6.43 Å². The number of pyridine rings is 1. The fourth-order valence-electron chi connectivity index (χ4n) is 0.997. The van der Waals surface area contributed by atoms with E-state index in [1.807, 2.05) is 0 Å². The van der Waals surface area contributed by atoms with Gasteiger partial charge in [0, 0.05) is 16.2 Å². The third-order valence-corrected chi connectivity index (χ3v) is 2.23. The molecule has 0 N–H and O–H groups in total. The molecule has 0 saturated heterocycles. The van der Waals surface area contributed by atoms with E-state index in [1.54, 1.807) is 0 Å². The van der Waals surface area contributed by atoms with E-state index in [0.29, 0.717) is 6.29 Å². The van der Waals surface area contributed by atoms with Crippen LogP contribution in [0.2, 0.25) is 0 Å². The molecule has 0 saturated carbocycles. The van der Waals surface area contributed by atoms with Gasteiger partial charge < -0.3 is 4.74 Å². The first-order valence-electron chi connectivity index (χ1n) is 3.57. The second-order valence-corrected chi connectivity index (χ2v) is 3.22. The number of rotatable bonds is 3. The lowest BCUT2D eigenvalue weighted by atomic mass is 10.1. The Kier molecular flexibility index (Phi) is 3.51. The quantitative estimate of drug-likeness (QED) is 0.789. The van der Waals surface area contributed by atoms with Gasteiger partial charge in [0.1, 0.15) is 0 Å². The number of carbonyl (C=O) groups excluding carboxylic acids is 1. The molecule has 14 heavy (non-hydrogen) atoms. The van der Waals surface area contributed by atoms with Gasteiger partial charge in [0.05, 0.1) is 12.7 Å². The van der Waals surface area contributed by atoms with Crippen LogP contribution in [0.25, 0.3) is 0 Å². The van der Waals surface area contributed by atoms with Gasteiger partial charge in [0.15, 0.2) is 6.29 Å². The average Bonchev–Trinajstić information content (AvgIpc) is 2.16. The van der Waals surface area contributed by atoms with E-state index < -0.39 is 12.0 Å². The highest BCUT2D eigenvalue weighted by atomic mass is 79.9. The van der Waals surface area contributed by atoms with E-state index in [4.69, 9.17) is 0 Å². The maximum absolute atomic E-state index is 12.5. The van der Waals surface area contributed by atoms with Crippen LogP contribution in [-0.2, 0) is 0 Å². The topological polar surface area (TPSA) is 39.2 Å². The van der Waals surface area contributed by atoms with E-state index in [1.165, 1.54) is 13.3 Å². The Morgan fingerprint density at radius 1 is 1.64 bits per heavy atom. The largest absolute Gasteiger partial charge is 0.480 e. The predicted octanol–water partition coefficient (Wildman–Crippen LogP) is 2.60. The van der Waals surface area contributed by atoms with Gasteiger partial charge in [-0.3, -0.25) is 4.79 Å². The number of aldehydes is 1. The Hall–Kier alpha value is -1.04. The van der Waals surface area contributed by atoms with E-state index in [0.717, 1.165) is 0 Å². The number of hydrogen-bond acceptors (Lipinski definition) is 3. The van der Waals surface area contributed by atoms with Crippen LogP contribution in [0.15, 0.2) is 10.7 Å². The molecule has 3 nitrogen and oxygen atoms in total. The van der Waals surface area contributed by atoms with Crippen LogP contribution < -0.4 is 4.74 Å². The molecule has 6 heteroatoms. The summed E-state index contributed by atoms with van der Waals surface area (Å²) in [4.78, 5) is 14.3. The van der Waals surface area contributed by atoms with Gasteiger partial charge in [-0.05, 0) is 15.9 Å². The molecule has 0 radical (unpaired) electrons. The first kappa shape index (κ1) is 11.0. The second kappa shape index (κ2) is 4.45. The molecule has 0 atom stereocenters. The lowest BCUT2D eigenvalue weighted by Crippen LogP contribution is -2.01. The number of alkyl halides is 2. The third-order valence-electron chi connectivity index (χ3n) is 1.60. The highest BCUT2D eigenvalue weighted by Gasteiger charge is 2.21. The summed E-state index contributed by atoms with van der Waals surface area (Å²) in [5.41, 5.74) is -0.622. The van der Waals surface area contributed by atoms with Crippen molar-refractivity contribution in [3.05, 3.63) is 21.8 Å². The van der Waals surface area contributed by atoms with Crippen molar-refractivity contribution in [1.29, 1.82) is 0 Å². The zero-order valence-corrected chi connectivity index (χ0v) is 8.72. The Bertz CT molecular complexity index is 357. The number of halogens is 3. The maximum Gasteiger partial charge on any atom is 0.265 e. The molecule has 0 spiro atoms. The fraction of sp³-hybridized carbons (Fsp3) is 0.250. The van der Waals surface area contributed by atoms with Gasteiger partial charge in [-0.2, -0.15) is 0 Å². The molecule has 0 fully saturated rings. The molecule has 0 aliphatic heterocycles. The summed E-state index contributed by atoms with van der Waals surface area (Å²) in [5.74, 6) is -0.0986. The first-order valence-corrected chi connectivity index (χ1v) is 4.36. The number of aromatic nitrogens is 1. The van der Waals surface area contributed by atoms with Crippen molar-refractivity contribution in [1.82, 2.24) is 4.98 Å². The lowest BCUT2D eigenvalue weighted by Gasteiger charge is -2.09. The first-order chi connectivity index (χ1) is 6.61. The molecule has 0 aliphatic rings. The fourth-order valence-corrected chi connectivity index (χ4v) is 1.49. The molecule has 1 aromatic heterocycles. The van der Waals surface area contributed by atoms with Crippen LogP contribution in [0.4, 0.5) is 8.78 Å². The van der Waals surface area contributed by atoms with Gasteiger partial charge in [0.25, 0.3) is 6.43 Å². The van der Waals surface area contributed by atoms with Crippen LogP contribution in [0.3, 0.4) is 0 Å². The Morgan fingerprint density at radius 3 is 2.71 bits per heavy atom. The summed E-state index contributed by atoms with van der Waals surface area (Å²) in [6, 6.07) is 0. The molecule has 1 aromatic rings. The van der Waals surface area contributed by atoms with Crippen molar-refractivity contribution >= 4 is 22.2 Å². The number of methoxy groups -OCH3 is 1. The lowest BCUT2D eigenvalue weighted by molar-refractivity contribution is 0.110. The minimum atomic E-state index is -2.75.